The summed E-state index contributed by atoms with van der Waals surface area (Å²) in [7, 11) is 0. The van der Waals surface area contributed by atoms with Crippen LogP contribution in [0.2, 0.25) is 15.1 Å². The third-order valence-electron chi connectivity index (χ3n) is 3.78. The van der Waals surface area contributed by atoms with E-state index in [1.165, 1.54) is 30.5 Å². The Morgan fingerprint density at radius 1 is 1.18 bits per heavy atom. The molecule has 2 rings (SSSR count). The van der Waals surface area contributed by atoms with Gasteiger partial charge in [-0.1, -0.05) is 34.8 Å². The van der Waals surface area contributed by atoms with Crippen LogP contribution in [0.15, 0.2) is 47.2 Å². The molecule has 0 unspecified atom stereocenters. The summed E-state index contributed by atoms with van der Waals surface area (Å²) in [6, 6.07) is 5.07. The number of nitrogens with two attached hydrogens (primary N) is 1. The van der Waals surface area contributed by atoms with E-state index in [1.807, 2.05) is 0 Å². The molecule has 0 saturated carbocycles. The molecule has 2 aromatic rings. The normalized spacial score (nSPS) is 12.6. The average molecular weight is 523 g/mol. The molecule has 2 amide bonds. The van der Waals surface area contributed by atoms with Gasteiger partial charge in [0, 0.05) is 17.3 Å². The number of benzene rings is 1. The van der Waals surface area contributed by atoms with Crippen molar-refractivity contribution in [3.63, 3.8) is 0 Å². The van der Waals surface area contributed by atoms with Crippen molar-refractivity contribution in [3.8, 4) is 0 Å². The molecule has 4 N–H and O–H groups in total. The Bertz CT molecular complexity index is 1130. The van der Waals surface area contributed by atoms with E-state index in [1.54, 1.807) is 13.8 Å². The zero-order valence-corrected chi connectivity index (χ0v) is 19.4. The zero-order chi connectivity index (χ0) is 24.9. The van der Waals surface area contributed by atoms with Gasteiger partial charge < -0.3 is 16.4 Å². The number of halogens is 6. The van der Waals surface area contributed by atoms with Gasteiger partial charge in [-0.25, -0.2) is 9.98 Å². The second kappa shape index (κ2) is 10.9. The average Bonchev–Trinajstić information content (AvgIpc) is 2.69. The first kappa shape index (κ1) is 26.4. The summed E-state index contributed by atoms with van der Waals surface area (Å²) >= 11 is 18.1. The van der Waals surface area contributed by atoms with Gasteiger partial charge >= 0.3 is 6.18 Å². The van der Waals surface area contributed by atoms with E-state index in [4.69, 9.17) is 40.5 Å². The van der Waals surface area contributed by atoms with Crippen LogP contribution in [0.3, 0.4) is 0 Å². The fourth-order valence-electron chi connectivity index (χ4n) is 2.35. The van der Waals surface area contributed by atoms with Crippen molar-refractivity contribution in [2.24, 2.45) is 10.7 Å². The Hall–Kier alpha value is -2.82. The van der Waals surface area contributed by atoms with E-state index >= 15 is 0 Å². The lowest BCUT2D eigenvalue weighted by Crippen LogP contribution is -2.32. The van der Waals surface area contributed by atoms with Crippen LogP contribution in [0.4, 0.5) is 24.7 Å². The van der Waals surface area contributed by atoms with E-state index < -0.39 is 29.4 Å². The number of amides is 2. The Balaban J connectivity index is 2.57. The Morgan fingerprint density at radius 2 is 1.85 bits per heavy atom. The number of aromatic nitrogens is 1. The van der Waals surface area contributed by atoms with Crippen molar-refractivity contribution in [2.45, 2.75) is 26.1 Å². The van der Waals surface area contributed by atoms with Crippen molar-refractivity contribution in [2.75, 3.05) is 5.32 Å². The summed E-state index contributed by atoms with van der Waals surface area (Å²) in [5.41, 5.74) is 2.39. The van der Waals surface area contributed by atoms with Crippen LogP contribution in [0.25, 0.3) is 0 Å². The molecule has 13 heteroatoms. The highest BCUT2D eigenvalue weighted by atomic mass is 35.5. The van der Waals surface area contributed by atoms with Crippen LogP contribution < -0.4 is 16.4 Å². The van der Waals surface area contributed by atoms with Gasteiger partial charge in [-0.15, -0.1) is 0 Å². The topological polar surface area (TPSA) is 109 Å². The number of hydrogen-bond acceptors (Lipinski definition) is 5. The molecule has 0 aliphatic carbocycles. The molecule has 0 aliphatic rings. The number of aliphatic imine (C=N–C) groups is 1. The van der Waals surface area contributed by atoms with Crippen molar-refractivity contribution in [3.05, 3.63) is 62.9 Å². The SMILES string of the molecule is CC(C)NC(=O)c1cc(Cl)cc(Cl)c1NC(=O)C(C=C(N)C(F)(F)F)=Nc1ncccc1Cl. The van der Waals surface area contributed by atoms with Gasteiger partial charge in [-0.2, -0.15) is 13.2 Å². The number of alkyl halides is 3. The molecule has 0 bridgehead atoms. The molecule has 0 atom stereocenters. The van der Waals surface area contributed by atoms with Crippen molar-refractivity contribution < 1.29 is 22.8 Å². The standard InChI is InChI=1S/C20H17Cl3F3N5O2/c1-9(2)29-18(32)11-6-10(21)7-13(23)16(11)31-19(33)14(8-15(27)20(24,25)26)30-17-12(22)4-3-5-28-17/h3-9H,27H2,1-2H3,(H,29,32)(H,31,33). The molecule has 0 radical (unpaired) electrons. The van der Waals surface area contributed by atoms with Gasteiger partial charge in [0.15, 0.2) is 5.82 Å². The predicted octanol–water partition coefficient (Wildman–Crippen LogP) is 5.30. The van der Waals surface area contributed by atoms with E-state index in [-0.39, 0.29) is 38.2 Å². The minimum Gasteiger partial charge on any atom is -0.395 e. The van der Waals surface area contributed by atoms with E-state index in [2.05, 4.69) is 20.6 Å². The van der Waals surface area contributed by atoms with Crippen molar-refractivity contribution in [1.29, 1.82) is 0 Å². The van der Waals surface area contributed by atoms with Crippen LogP contribution in [0, 0.1) is 0 Å². The second-order valence-corrected chi connectivity index (χ2v) is 8.05. The first-order valence-electron chi connectivity index (χ1n) is 9.14. The summed E-state index contributed by atoms with van der Waals surface area (Å²) < 4.78 is 39.0. The molecule has 7 nitrogen and oxygen atoms in total. The summed E-state index contributed by atoms with van der Waals surface area (Å²) in [5.74, 6) is -2.01. The zero-order valence-electron chi connectivity index (χ0n) is 17.1. The second-order valence-electron chi connectivity index (χ2n) is 6.80. The highest BCUT2D eigenvalue weighted by molar-refractivity contribution is 6.49. The van der Waals surface area contributed by atoms with E-state index in [0.29, 0.717) is 6.08 Å². The molecule has 0 spiro atoms. The number of rotatable bonds is 6. The Kier molecular flexibility index (Phi) is 8.70. The highest BCUT2D eigenvalue weighted by Gasteiger charge is 2.32. The number of nitrogens with one attached hydrogen (secondary N) is 2. The number of pyridine rings is 1. The number of carbonyl (C=O) groups is 2. The third kappa shape index (κ3) is 7.34. The predicted molar refractivity (Wildman–Crippen MR) is 122 cm³/mol. The monoisotopic (exact) mass is 521 g/mol. The van der Waals surface area contributed by atoms with Gasteiger partial charge in [-0.3, -0.25) is 9.59 Å². The van der Waals surface area contributed by atoms with Gasteiger partial charge in [-0.05, 0) is 44.2 Å². The minimum absolute atomic E-state index is 0.0247. The summed E-state index contributed by atoms with van der Waals surface area (Å²) in [5, 5.41) is 4.85. The van der Waals surface area contributed by atoms with Gasteiger partial charge in [0.05, 0.1) is 21.3 Å². The van der Waals surface area contributed by atoms with Gasteiger partial charge in [0.1, 0.15) is 11.4 Å². The molecule has 1 heterocycles. The molecule has 0 saturated heterocycles. The third-order valence-corrected chi connectivity index (χ3v) is 4.59. The highest BCUT2D eigenvalue weighted by Crippen LogP contribution is 2.31. The molecule has 0 fully saturated rings. The van der Waals surface area contributed by atoms with Crippen LogP contribution in [-0.2, 0) is 4.79 Å². The lowest BCUT2D eigenvalue weighted by molar-refractivity contribution is -0.110. The summed E-state index contributed by atoms with van der Waals surface area (Å²) in [6.07, 6.45) is -3.34. The number of allylic oxidation sites excluding steroid dienone is 1. The minimum atomic E-state index is -4.94. The first-order valence-corrected chi connectivity index (χ1v) is 10.3. The molecule has 176 valence electrons. The molecule has 1 aromatic heterocycles. The maximum Gasteiger partial charge on any atom is 0.430 e. The van der Waals surface area contributed by atoms with Crippen LogP contribution in [0.1, 0.15) is 24.2 Å². The fourth-order valence-corrected chi connectivity index (χ4v) is 3.05. The Morgan fingerprint density at radius 3 is 2.42 bits per heavy atom. The lowest BCUT2D eigenvalue weighted by Gasteiger charge is -2.15. The smallest absolute Gasteiger partial charge is 0.395 e. The quantitative estimate of drug-likeness (QED) is 0.448. The Labute approximate surface area is 201 Å². The van der Waals surface area contributed by atoms with Crippen molar-refractivity contribution >= 4 is 63.8 Å². The maximum atomic E-state index is 13.0. The molecular weight excluding hydrogens is 506 g/mol. The number of nitrogens with zero attached hydrogens (tertiary/aromatic N) is 2. The summed E-state index contributed by atoms with van der Waals surface area (Å²) in [6.45, 7) is 3.41. The molecule has 0 aliphatic heterocycles. The summed E-state index contributed by atoms with van der Waals surface area (Å²) in [4.78, 5) is 33.1. The molecule has 33 heavy (non-hydrogen) atoms. The van der Waals surface area contributed by atoms with Crippen LogP contribution in [-0.4, -0.2) is 34.7 Å². The van der Waals surface area contributed by atoms with E-state index in [9.17, 15) is 22.8 Å². The van der Waals surface area contributed by atoms with Gasteiger partial charge in [0.25, 0.3) is 11.8 Å². The van der Waals surface area contributed by atoms with Crippen LogP contribution >= 0.6 is 34.8 Å². The lowest BCUT2D eigenvalue weighted by atomic mass is 10.1. The largest absolute Gasteiger partial charge is 0.430 e. The van der Waals surface area contributed by atoms with Crippen molar-refractivity contribution in [1.82, 2.24) is 10.3 Å². The van der Waals surface area contributed by atoms with E-state index in [0.717, 1.165) is 0 Å². The number of anilines is 1. The maximum absolute atomic E-state index is 13.0. The fraction of sp³-hybridized carbons (Fsp3) is 0.200. The molecule has 1 aromatic carbocycles. The van der Waals surface area contributed by atoms with Gasteiger partial charge in [0.2, 0.25) is 0 Å². The first-order chi connectivity index (χ1) is 15.3. The number of hydrogen-bond donors (Lipinski definition) is 3. The molecular formula is C20H17Cl3F3N5O2. The van der Waals surface area contributed by atoms with Crippen LogP contribution in [0.5, 0.6) is 0 Å². The number of carbonyl (C=O) groups excluding carboxylic acids is 2.